The van der Waals surface area contributed by atoms with E-state index < -0.39 is 0 Å². The number of benzene rings is 2. The van der Waals surface area contributed by atoms with Crippen LogP contribution in [0.5, 0.6) is 5.75 Å². The number of rotatable bonds is 8. The Hall–Kier alpha value is -1.71. The molecule has 1 heterocycles. The van der Waals surface area contributed by atoms with Crippen LogP contribution in [-0.2, 0) is 11.2 Å². The molecule has 0 saturated carbocycles. The van der Waals surface area contributed by atoms with E-state index in [4.69, 9.17) is 27.9 Å². The summed E-state index contributed by atoms with van der Waals surface area (Å²) in [4.78, 5) is 12.6. The van der Waals surface area contributed by atoms with Crippen molar-refractivity contribution in [1.29, 1.82) is 0 Å². The second-order valence-electron chi connectivity index (χ2n) is 7.82. The molecular weight excluding hydrogens is 405 g/mol. The number of amides is 1. The molecule has 4 atom stereocenters. The van der Waals surface area contributed by atoms with Gasteiger partial charge in [0, 0.05) is 22.0 Å². The molecule has 1 N–H and O–H groups in total. The van der Waals surface area contributed by atoms with E-state index in [1.165, 1.54) is 5.56 Å². The minimum atomic E-state index is 0.0113. The Morgan fingerprint density at radius 1 is 1.10 bits per heavy atom. The predicted octanol–water partition coefficient (Wildman–Crippen LogP) is 6.27. The molecule has 0 aromatic heterocycles. The lowest BCUT2D eigenvalue weighted by atomic mass is 9.72. The molecule has 1 amide bonds. The Bertz CT molecular complexity index is 837. The smallest absolute Gasteiger partial charge is 0.223 e. The van der Waals surface area contributed by atoms with Crippen LogP contribution in [0.25, 0.3) is 0 Å². The average molecular weight is 434 g/mol. The minimum absolute atomic E-state index is 0.0113. The summed E-state index contributed by atoms with van der Waals surface area (Å²) in [5.41, 5.74) is 2.26. The van der Waals surface area contributed by atoms with Gasteiger partial charge in [-0.1, -0.05) is 54.7 Å². The fraction of sp³-hybridized carbons (Fsp3) is 0.458. The lowest BCUT2D eigenvalue weighted by molar-refractivity contribution is -0.123. The normalized spacial score (nSPS) is 22.4. The van der Waals surface area contributed by atoms with Crippen molar-refractivity contribution in [1.82, 2.24) is 5.32 Å². The number of carbonyl (C=O) groups is 1. The first-order valence-electron chi connectivity index (χ1n) is 10.4. The molecule has 1 fully saturated rings. The highest BCUT2D eigenvalue weighted by Crippen LogP contribution is 2.42. The standard InChI is InChI=1S/C24H29Cl2NO2/c1-4-6-20-23(15(3)27-24(20)28)21(16-7-10-18(25)11-8-16)13-17-9-12-19(29-5-2)14-22(17)26/h7-12,14-15,20-21,23H,4-6,13H2,1-3H3,(H,27,28). The maximum Gasteiger partial charge on any atom is 0.223 e. The first-order valence-corrected chi connectivity index (χ1v) is 11.2. The Kier molecular flexibility index (Phi) is 7.48. The highest BCUT2D eigenvalue weighted by molar-refractivity contribution is 6.31. The van der Waals surface area contributed by atoms with Gasteiger partial charge in [-0.25, -0.2) is 0 Å². The van der Waals surface area contributed by atoms with Crippen LogP contribution in [0.4, 0.5) is 0 Å². The predicted molar refractivity (Wildman–Crippen MR) is 120 cm³/mol. The van der Waals surface area contributed by atoms with Crippen molar-refractivity contribution in [3.8, 4) is 5.75 Å². The van der Waals surface area contributed by atoms with Crippen molar-refractivity contribution in [2.75, 3.05) is 6.61 Å². The average Bonchev–Trinajstić information content (AvgIpc) is 2.96. The van der Waals surface area contributed by atoms with E-state index in [9.17, 15) is 4.79 Å². The summed E-state index contributed by atoms with van der Waals surface area (Å²) in [6, 6.07) is 14.0. The second-order valence-corrected chi connectivity index (χ2v) is 8.66. The van der Waals surface area contributed by atoms with Crippen LogP contribution >= 0.6 is 23.2 Å². The molecular formula is C24H29Cl2NO2. The fourth-order valence-electron chi connectivity index (χ4n) is 4.59. The van der Waals surface area contributed by atoms with E-state index in [-0.39, 0.29) is 29.7 Å². The topological polar surface area (TPSA) is 38.3 Å². The van der Waals surface area contributed by atoms with Crippen molar-refractivity contribution in [3.63, 3.8) is 0 Å². The molecule has 1 aliphatic rings. The number of hydrogen-bond acceptors (Lipinski definition) is 2. The molecule has 1 aliphatic heterocycles. The molecule has 3 rings (SSSR count). The molecule has 5 heteroatoms. The van der Waals surface area contributed by atoms with Crippen LogP contribution < -0.4 is 10.1 Å². The minimum Gasteiger partial charge on any atom is -0.494 e. The molecule has 0 bridgehead atoms. The third kappa shape index (κ3) is 5.07. The summed E-state index contributed by atoms with van der Waals surface area (Å²) in [5, 5.41) is 4.59. The highest BCUT2D eigenvalue weighted by Gasteiger charge is 2.44. The van der Waals surface area contributed by atoms with Gasteiger partial charge in [-0.15, -0.1) is 0 Å². The summed E-state index contributed by atoms with van der Waals surface area (Å²) < 4.78 is 5.57. The van der Waals surface area contributed by atoms with Crippen LogP contribution in [0.3, 0.4) is 0 Å². The molecule has 156 valence electrons. The number of ether oxygens (including phenoxy) is 1. The molecule has 0 radical (unpaired) electrons. The highest BCUT2D eigenvalue weighted by atomic mass is 35.5. The molecule has 4 unspecified atom stereocenters. The molecule has 0 aliphatic carbocycles. The summed E-state index contributed by atoms with van der Waals surface area (Å²) in [5.74, 6) is 1.32. The number of halogens is 2. The summed E-state index contributed by atoms with van der Waals surface area (Å²) in [6.07, 6.45) is 2.64. The molecule has 29 heavy (non-hydrogen) atoms. The van der Waals surface area contributed by atoms with E-state index in [1.807, 2.05) is 37.3 Å². The maximum atomic E-state index is 12.6. The van der Waals surface area contributed by atoms with Gasteiger partial charge in [-0.3, -0.25) is 4.79 Å². The zero-order valence-electron chi connectivity index (χ0n) is 17.3. The van der Waals surface area contributed by atoms with Gasteiger partial charge in [0.1, 0.15) is 5.75 Å². The zero-order chi connectivity index (χ0) is 21.0. The van der Waals surface area contributed by atoms with Gasteiger partial charge >= 0.3 is 0 Å². The van der Waals surface area contributed by atoms with E-state index in [2.05, 4.69) is 31.3 Å². The maximum absolute atomic E-state index is 12.6. The summed E-state index contributed by atoms with van der Waals surface area (Å²) in [6.45, 7) is 6.81. The van der Waals surface area contributed by atoms with Gasteiger partial charge in [0.05, 0.1) is 6.61 Å². The number of hydrogen-bond donors (Lipinski definition) is 1. The molecule has 0 spiro atoms. The van der Waals surface area contributed by atoms with Crippen molar-refractivity contribution in [2.24, 2.45) is 11.8 Å². The monoisotopic (exact) mass is 433 g/mol. The third-order valence-electron chi connectivity index (χ3n) is 5.89. The van der Waals surface area contributed by atoms with Crippen molar-refractivity contribution in [2.45, 2.75) is 52.0 Å². The van der Waals surface area contributed by atoms with E-state index in [0.717, 1.165) is 30.6 Å². The van der Waals surface area contributed by atoms with Crippen LogP contribution in [0, 0.1) is 11.8 Å². The van der Waals surface area contributed by atoms with E-state index in [1.54, 1.807) is 0 Å². The number of nitrogens with one attached hydrogen (secondary N) is 1. The number of carbonyl (C=O) groups excluding carboxylic acids is 1. The van der Waals surface area contributed by atoms with Crippen LogP contribution in [0.2, 0.25) is 10.0 Å². The van der Waals surface area contributed by atoms with Gasteiger partial charge < -0.3 is 10.1 Å². The molecule has 3 nitrogen and oxygen atoms in total. The fourth-order valence-corrected chi connectivity index (χ4v) is 4.96. The van der Waals surface area contributed by atoms with Gasteiger partial charge in [-0.2, -0.15) is 0 Å². The Balaban J connectivity index is 1.97. The van der Waals surface area contributed by atoms with Crippen LogP contribution in [-0.4, -0.2) is 18.6 Å². The largest absolute Gasteiger partial charge is 0.494 e. The Morgan fingerprint density at radius 3 is 2.45 bits per heavy atom. The van der Waals surface area contributed by atoms with E-state index in [0.29, 0.717) is 16.7 Å². The van der Waals surface area contributed by atoms with Gasteiger partial charge in [0.15, 0.2) is 0 Å². The second kappa shape index (κ2) is 9.86. The van der Waals surface area contributed by atoms with Crippen LogP contribution in [0.15, 0.2) is 42.5 Å². The quantitative estimate of drug-likeness (QED) is 0.532. The molecule has 2 aromatic carbocycles. The first kappa shape index (κ1) is 22.0. The van der Waals surface area contributed by atoms with Gasteiger partial charge in [-0.05, 0) is 73.9 Å². The molecule has 2 aromatic rings. The summed E-state index contributed by atoms with van der Waals surface area (Å²) >= 11 is 12.7. The SMILES string of the molecule is CCCC1C(=O)NC(C)C1C(Cc1ccc(OCC)cc1Cl)c1ccc(Cl)cc1. The van der Waals surface area contributed by atoms with E-state index >= 15 is 0 Å². The Labute approximate surface area is 183 Å². The van der Waals surface area contributed by atoms with Crippen molar-refractivity contribution in [3.05, 3.63) is 63.6 Å². The van der Waals surface area contributed by atoms with Gasteiger partial charge in [0.25, 0.3) is 0 Å². The third-order valence-corrected chi connectivity index (χ3v) is 6.49. The lowest BCUT2D eigenvalue weighted by Crippen LogP contribution is -2.30. The first-order chi connectivity index (χ1) is 13.9. The zero-order valence-corrected chi connectivity index (χ0v) is 18.8. The van der Waals surface area contributed by atoms with Crippen LogP contribution in [0.1, 0.15) is 50.7 Å². The Morgan fingerprint density at radius 2 is 1.83 bits per heavy atom. The van der Waals surface area contributed by atoms with Crippen molar-refractivity contribution >= 4 is 29.1 Å². The van der Waals surface area contributed by atoms with Gasteiger partial charge in [0.2, 0.25) is 5.91 Å². The summed E-state index contributed by atoms with van der Waals surface area (Å²) in [7, 11) is 0. The van der Waals surface area contributed by atoms with Crippen molar-refractivity contribution < 1.29 is 9.53 Å². The lowest BCUT2D eigenvalue weighted by Gasteiger charge is -2.31. The molecule has 1 saturated heterocycles.